The van der Waals surface area contributed by atoms with Gasteiger partial charge in [-0.25, -0.2) is 20.1 Å². The van der Waals surface area contributed by atoms with Gasteiger partial charge in [0.05, 0.1) is 0 Å². The van der Waals surface area contributed by atoms with Gasteiger partial charge in [-0.3, -0.25) is 0 Å². The Morgan fingerprint density at radius 3 is 1.68 bits per heavy atom. The summed E-state index contributed by atoms with van der Waals surface area (Å²) in [7, 11) is -0.974. The first-order valence-corrected chi connectivity index (χ1v) is 16.2. The van der Waals surface area contributed by atoms with E-state index in [0.29, 0.717) is 4.75 Å². The first-order valence-electron chi connectivity index (χ1n) is 10.9. The van der Waals surface area contributed by atoms with E-state index in [1.807, 2.05) is 0 Å². The van der Waals surface area contributed by atoms with Crippen LogP contribution in [0.3, 0.4) is 0 Å². The van der Waals surface area contributed by atoms with E-state index in [-0.39, 0.29) is 0 Å². The predicted octanol–water partition coefficient (Wildman–Crippen LogP) is 7.83. The molecular formula is C23H50S2. The van der Waals surface area contributed by atoms with Crippen molar-refractivity contribution in [2.75, 3.05) is 36.5 Å². The normalized spacial score (nSPS) is 21.3. The van der Waals surface area contributed by atoms with Crippen LogP contribution in [0.4, 0.5) is 0 Å². The Balaban J connectivity index is 2.65. The molecule has 0 spiro atoms. The molecule has 0 aromatic carbocycles. The maximum absolute atomic E-state index is 2.66. The van der Waals surface area contributed by atoms with Gasteiger partial charge in [-0.2, -0.15) is 0 Å². The molecule has 0 atom stereocenters. The van der Waals surface area contributed by atoms with Crippen molar-refractivity contribution in [1.29, 1.82) is 0 Å². The lowest BCUT2D eigenvalue weighted by atomic mass is 9.94. The van der Waals surface area contributed by atoms with Gasteiger partial charge in [0.25, 0.3) is 0 Å². The molecule has 1 aliphatic rings. The highest BCUT2D eigenvalue weighted by molar-refractivity contribution is 8.34. The van der Waals surface area contributed by atoms with E-state index >= 15 is 0 Å². The van der Waals surface area contributed by atoms with Gasteiger partial charge in [-0.1, -0.05) is 72.6 Å². The molecule has 1 rings (SSSR count). The minimum Gasteiger partial charge on any atom is -0.244 e. The van der Waals surface area contributed by atoms with Crippen molar-refractivity contribution in [3.63, 3.8) is 0 Å². The van der Waals surface area contributed by atoms with E-state index in [4.69, 9.17) is 0 Å². The summed E-state index contributed by atoms with van der Waals surface area (Å²) in [5, 5.41) is 0.861. The summed E-state index contributed by atoms with van der Waals surface area (Å²) in [6, 6.07) is 0. The topological polar surface area (TPSA) is 0 Å². The highest BCUT2D eigenvalue weighted by atomic mass is 32.3. The maximum atomic E-state index is 2.66. The van der Waals surface area contributed by atoms with Crippen LogP contribution < -0.4 is 0 Å². The molecule has 0 radical (unpaired) electrons. The van der Waals surface area contributed by atoms with Gasteiger partial charge in [0, 0.05) is 0 Å². The van der Waals surface area contributed by atoms with Gasteiger partial charge in [0.1, 0.15) is 0 Å². The third-order valence-corrected chi connectivity index (χ3v) is 15.7. The Morgan fingerprint density at radius 1 is 0.800 bits per heavy atom. The lowest BCUT2D eigenvalue weighted by Gasteiger charge is -2.51. The minimum atomic E-state index is -0.543. The van der Waals surface area contributed by atoms with E-state index in [2.05, 4.69) is 52.7 Å². The molecule has 0 saturated heterocycles. The van der Waals surface area contributed by atoms with Crippen molar-refractivity contribution >= 4 is 20.1 Å². The summed E-state index contributed by atoms with van der Waals surface area (Å²) >= 11 is 0. The summed E-state index contributed by atoms with van der Waals surface area (Å²) in [5.74, 6) is 3.99. The Morgan fingerprint density at radius 2 is 1.24 bits per heavy atom. The van der Waals surface area contributed by atoms with Crippen LogP contribution in [-0.4, -0.2) is 46.5 Å². The zero-order chi connectivity index (χ0) is 19.1. The second kappa shape index (κ2) is 10.3. The molecule has 0 aliphatic heterocycles. The monoisotopic (exact) mass is 390 g/mol. The molecule has 0 heterocycles. The van der Waals surface area contributed by atoms with Crippen molar-refractivity contribution in [3.05, 3.63) is 0 Å². The van der Waals surface area contributed by atoms with Crippen molar-refractivity contribution in [2.45, 2.75) is 102 Å². The highest BCUT2D eigenvalue weighted by Gasteiger charge is 2.35. The van der Waals surface area contributed by atoms with Crippen molar-refractivity contribution in [1.82, 2.24) is 0 Å². The van der Waals surface area contributed by atoms with Crippen LogP contribution in [0.2, 0.25) is 0 Å². The van der Waals surface area contributed by atoms with Crippen LogP contribution in [0.5, 0.6) is 0 Å². The molecule has 0 nitrogen and oxygen atoms in total. The van der Waals surface area contributed by atoms with E-state index < -0.39 is 20.1 Å². The van der Waals surface area contributed by atoms with Gasteiger partial charge in [0.15, 0.2) is 0 Å². The molecule has 0 amide bonds. The maximum Gasteiger partial charge on any atom is -0.00515 e. The third kappa shape index (κ3) is 8.08. The molecule has 25 heavy (non-hydrogen) atoms. The van der Waals surface area contributed by atoms with Crippen molar-refractivity contribution < 1.29 is 0 Å². The molecule has 0 unspecified atom stereocenters. The Labute approximate surface area is 164 Å². The molecule has 0 bridgehead atoms. The van der Waals surface area contributed by atoms with Crippen LogP contribution in [0.1, 0.15) is 91.9 Å². The van der Waals surface area contributed by atoms with Crippen LogP contribution in [0.25, 0.3) is 0 Å². The fourth-order valence-electron chi connectivity index (χ4n) is 3.90. The van der Waals surface area contributed by atoms with Gasteiger partial charge in [0.2, 0.25) is 0 Å². The quantitative estimate of drug-likeness (QED) is 0.415. The fraction of sp³-hybridized carbons (Fsp3) is 1.00. The molecule has 154 valence electrons. The molecule has 2 heteroatoms. The summed E-state index contributed by atoms with van der Waals surface area (Å²) in [5.41, 5.74) is 0. The molecule has 0 aromatic rings. The predicted molar refractivity (Wildman–Crippen MR) is 127 cm³/mol. The molecule has 1 aliphatic carbocycles. The summed E-state index contributed by atoms with van der Waals surface area (Å²) in [6.07, 6.45) is 25.3. The molecule has 1 fully saturated rings. The molecule has 1 saturated carbocycles. The molecule has 0 N–H and O–H groups in total. The van der Waals surface area contributed by atoms with Crippen molar-refractivity contribution in [2.24, 2.45) is 5.92 Å². The van der Waals surface area contributed by atoms with Gasteiger partial charge in [-0.05, 0) is 71.7 Å². The third-order valence-electron chi connectivity index (χ3n) is 7.38. The minimum absolute atomic E-state index is 0.431. The Bertz CT molecular complexity index is 358. The fourth-order valence-corrected chi connectivity index (χ4v) is 8.15. The van der Waals surface area contributed by atoms with Gasteiger partial charge >= 0.3 is 0 Å². The Hall–Kier alpha value is 0.700. The lowest BCUT2D eigenvalue weighted by Crippen LogP contribution is -2.34. The van der Waals surface area contributed by atoms with E-state index in [1.165, 1.54) is 75.7 Å². The Kier molecular flexibility index (Phi) is 9.78. The zero-order valence-electron chi connectivity index (χ0n) is 19.0. The summed E-state index contributed by atoms with van der Waals surface area (Å²) in [6.45, 7) is 10.1. The number of hydrogen-bond acceptors (Lipinski definition) is 0. The largest absolute Gasteiger partial charge is 0.244 e. The van der Waals surface area contributed by atoms with Crippen LogP contribution in [0, 0.1) is 5.92 Å². The highest BCUT2D eigenvalue weighted by Crippen LogP contribution is 2.59. The summed E-state index contributed by atoms with van der Waals surface area (Å²) in [4.78, 5) is 0. The SMILES string of the molecule is CC(C)S(C)(C)CCC(C)(C)S(C)(C)CC1CCCCCCCCC1. The first-order chi connectivity index (χ1) is 11.5. The van der Waals surface area contributed by atoms with E-state index in [0.717, 1.165) is 11.2 Å². The van der Waals surface area contributed by atoms with E-state index in [1.54, 1.807) is 0 Å². The van der Waals surface area contributed by atoms with Crippen LogP contribution in [0.15, 0.2) is 0 Å². The average Bonchev–Trinajstić information content (AvgIpc) is 2.51. The van der Waals surface area contributed by atoms with Gasteiger partial charge in [-0.15, -0.1) is 0 Å². The average molecular weight is 391 g/mol. The van der Waals surface area contributed by atoms with Crippen molar-refractivity contribution in [3.8, 4) is 0 Å². The number of hydrogen-bond donors (Lipinski definition) is 0. The smallest absolute Gasteiger partial charge is 0.00515 e. The second-order valence-corrected chi connectivity index (χ2v) is 19.6. The lowest BCUT2D eigenvalue weighted by molar-refractivity contribution is 0.417. The van der Waals surface area contributed by atoms with Crippen LogP contribution in [-0.2, 0) is 0 Å². The van der Waals surface area contributed by atoms with E-state index in [9.17, 15) is 0 Å². The molecular weight excluding hydrogens is 340 g/mol. The second-order valence-electron chi connectivity index (χ2n) is 10.5. The first kappa shape index (κ1) is 23.7. The molecule has 0 aromatic heterocycles. The zero-order valence-corrected chi connectivity index (χ0v) is 20.6. The summed E-state index contributed by atoms with van der Waals surface area (Å²) < 4.78 is 0.529. The number of rotatable bonds is 7. The standard InChI is InChI=1S/C23H50S2/c1-21(2)24(5,6)19-18-23(3,4)25(7,8)20-22-16-14-12-10-9-11-13-15-17-22/h21-22H,9-20H2,1-8H3. The van der Waals surface area contributed by atoms with Crippen LogP contribution >= 0.6 is 20.1 Å². The van der Waals surface area contributed by atoms with Gasteiger partial charge < -0.3 is 0 Å².